The van der Waals surface area contributed by atoms with Crippen LogP contribution in [0.25, 0.3) is 0 Å². The highest BCUT2D eigenvalue weighted by atomic mass is 35.5. The number of benzene rings is 2. The van der Waals surface area contributed by atoms with E-state index in [0.717, 1.165) is 12.0 Å². The van der Waals surface area contributed by atoms with Gasteiger partial charge in [-0.3, -0.25) is 9.40 Å². The fourth-order valence-electron chi connectivity index (χ4n) is 2.79. The van der Waals surface area contributed by atoms with Gasteiger partial charge >= 0.3 is 0 Å². The third-order valence-electron chi connectivity index (χ3n) is 4.70. The molecule has 9 heteroatoms. The highest BCUT2D eigenvalue weighted by molar-refractivity contribution is 7.92. The Balaban J connectivity index is 1.81. The van der Waals surface area contributed by atoms with E-state index in [1.807, 2.05) is 0 Å². The van der Waals surface area contributed by atoms with Crippen molar-refractivity contribution < 1.29 is 12.8 Å². The first-order valence-electron chi connectivity index (χ1n) is 9.00. The monoisotopic (exact) mass is 455 g/mol. The van der Waals surface area contributed by atoms with E-state index in [4.69, 9.17) is 23.2 Å². The van der Waals surface area contributed by atoms with Gasteiger partial charge in [-0.1, -0.05) is 55.2 Å². The molecular formula is C20H20Cl2FN3O2S. The molecule has 1 unspecified atom stereocenters. The molecule has 29 heavy (non-hydrogen) atoms. The summed E-state index contributed by atoms with van der Waals surface area (Å²) in [5.41, 5.74) is 1.30. The third-order valence-corrected chi connectivity index (χ3v) is 6.69. The quantitative estimate of drug-likeness (QED) is 0.497. The van der Waals surface area contributed by atoms with Crippen LogP contribution in [0.1, 0.15) is 37.3 Å². The van der Waals surface area contributed by atoms with Crippen molar-refractivity contribution in [3.05, 3.63) is 75.7 Å². The average molecular weight is 456 g/mol. The Morgan fingerprint density at radius 3 is 2.45 bits per heavy atom. The first kappa shape index (κ1) is 21.6. The summed E-state index contributed by atoms with van der Waals surface area (Å²) in [6, 6.07) is 11.0. The van der Waals surface area contributed by atoms with Crippen molar-refractivity contribution in [2.45, 2.75) is 37.6 Å². The zero-order valence-electron chi connectivity index (χ0n) is 15.9. The van der Waals surface area contributed by atoms with Gasteiger partial charge in [0.1, 0.15) is 10.8 Å². The van der Waals surface area contributed by atoms with Gasteiger partial charge in [0.2, 0.25) is 0 Å². The number of nitrogens with zero attached hydrogens (tertiary/aromatic N) is 2. The van der Waals surface area contributed by atoms with Gasteiger partial charge in [-0.05, 0) is 42.2 Å². The van der Waals surface area contributed by atoms with Crippen molar-refractivity contribution in [3.8, 4) is 0 Å². The minimum atomic E-state index is -3.87. The molecule has 1 atom stereocenters. The van der Waals surface area contributed by atoms with E-state index in [0.29, 0.717) is 5.92 Å². The largest absolute Gasteiger partial charge is 0.264 e. The Morgan fingerprint density at radius 1 is 1.14 bits per heavy atom. The molecule has 2 aromatic carbocycles. The highest BCUT2D eigenvalue weighted by Gasteiger charge is 2.19. The predicted molar refractivity (Wildman–Crippen MR) is 114 cm³/mol. The predicted octanol–water partition coefficient (Wildman–Crippen LogP) is 5.69. The number of rotatable bonds is 7. The van der Waals surface area contributed by atoms with E-state index in [1.165, 1.54) is 23.0 Å². The molecule has 1 N–H and O–H groups in total. The van der Waals surface area contributed by atoms with Crippen molar-refractivity contribution >= 4 is 39.0 Å². The number of halogens is 3. The normalized spacial score (nSPS) is 12.7. The van der Waals surface area contributed by atoms with Crippen LogP contribution in [0.4, 0.5) is 10.2 Å². The van der Waals surface area contributed by atoms with Gasteiger partial charge in [0.25, 0.3) is 10.0 Å². The zero-order chi connectivity index (χ0) is 21.2. The van der Waals surface area contributed by atoms with Crippen molar-refractivity contribution in [1.82, 2.24) is 9.78 Å². The van der Waals surface area contributed by atoms with Crippen LogP contribution in [0.5, 0.6) is 0 Å². The van der Waals surface area contributed by atoms with Gasteiger partial charge in [0.05, 0.1) is 11.4 Å². The summed E-state index contributed by atoms with van der Waals surface area (Å²) in [7, 11) is -3.87. The van der Waals surface area contributed by atoms with E-state index < -0.39 is 15.8 Å². The van der Waals surface area contributed by atoms with Gasteiger partial charge in [-0.15, -0.1) is 0 Å². The van der Waals surface area contributed by atoms with E-state index in [-0.39, 0.29) is 32.9 Å². The van der Waals surface area contributed by atoms with Crippen molar-refractivity contribution in [2.24, 2.45) is 0 Å². The second-order valence-corrected chi connectivity index (χ2v) is 9.20. The summed E-state index contributed by atoms with van der Waals surface area (Å²) >= 11 is 12.2. The van der Waals surface area contributed by atoms with Crippen LogP contribution < -0.4 is 4.72 Å². The molecule has 0 radical (unpaired) electrons. The lowest BCUT2D eigenvalue weighted by Gasteiger charge is -2.10. The molecule has 0 saturated carbocycles. The fraction of sp³-hybridized carbons (Fsp3) is 0.250. The molecule has 0 amide bonds. The maximum atomic E-state index is 14.0. The lowest BCUT2D eigenvalue weighted by Crippen LogP contribution is -2.14. The standard InChI is InChI=1S/C20H20Cl2FN3O2S/c1-3-13(2)14-7-9-15(10-8-14)29(27,28)25-20-18(22)12-26(24-20)11-16-17(21)5-4-6-19(16)23/h4-10,12-13H,3,11H2,1-2H3,(H,24,25). The molecule has 0 aliphatic rings. The summed E-state index contributed by atoms with van der Waals surface area (Å²) in [6.07, 6.45) is 2.37. The van der Waals surface area contributed by atoms with Crippen LogP contribution in [-0.4, -0.2) is 18.2 Å². The molecule has 5 nitrogen and oxygen atoms in total. The van der Waals surface area contributed by atoms with Gasteiger partial charge in [-0.2, -0.15) is 5.10 Å². The maximum absolute atomic E-state index is 14.0. The molecule has 1 aromatic heterocycles. The summed E-state index contributed by atoms with van der Waals surface area (Å²) in [5, 5.41) is 4.47. The minimum absolute atomic E-state index is 0.0105. The van der Waals surface area contributed by atoms with Crippen LogP contribution >= 0.6 is 23.2 Å². The average Bonchev–Trinajstić information content (AvgIpc) is 3.02. The molecule has 3 rings (SSSR count). The van der Waals surface area contributed by atoms with Gasteiger partial charge in [0, 0.05) is 16.8 Å². The van der Waals surface area contributed by atoms with E-state index in [1.54, 1.807) is 30.3 Å². The molecular weight excluding hydrogens is 436 g/mol. The van der Waals surface area contributed by atoms with Crippen LogP contribution in [-0.2, 0) is 16.6 Å². The van der Waals surface area contributed by atoms with Gasteiger partial charge < -0.3 is 0 Å². The SMILES string of the molecule is CCC(C)c1ccc(S(=O)(=O)Nc2nn(Cc3c(F)cccc3Cl)cc2Cl)cc1. The molecule has 0 fully saturated rings. The number of sulfonamides is 1. The topological polar surface area (TPSA) is 64.0 Å². The Kier molecular flexibility index (Phi) is 6.51. The Morgan fingerprint density at radius 2 is 1.83 bits per heavy atom. The molecule has 0 saturated heterocycles. The Hall–Kier alpha value is -2.09. The molecule has 0 aliphatic heterocycles. The van der Waals surface area contributed by atoms with Crippen LogP contribution in [0.3, 0.4) is 0 Å². The summed E-state index contributed by atoms with van der Waals surface area (Å²) in [6.45, 7) is 4.16. The summed E-state index contributed by atoms with van der Waals surface area (Å²) in [5.74, 6) is -0.173. The lowest BCUT2D eigenvalue weighted by molar-refractivity contribution is 0.585. The van der Waals surface area contributed by atoms with Crippen molar-refractivity contribution in [1.29, 1.82) is 0 Å². The molecule has 154 valence electrons. The highest BCUT2D eigenvalue weighted by Crippen LogP contribution is 2.26. The number of nitrogens with one attached hydrogen (secondary N) is 1. The van der Waals surface area contributed by atoms with E-state index >= 15 is 0 Å². The summed E-state index contributed by atoms with van der Waals surface area (Å²) in [4.78, 5) is 0.104. The van der Waals surface area contributed by atoms with Gasteiger partial charge in [0.15, 0.2) is 5.82 Å². The Bertz CT molecular complexity index is 1100. The second-order valence-electron chi connectivity index (χ2n) is 6.71. The molecule has 1 heterocycles. The minimum Gasteiger partial charge on any atom is -0.264 e. The first-order valence-corrected chi connectivity index (χ1v) is 11.2. The molecule has 3 aromatic rings. The lowest BCUT2D eigenvalue weighted by atomic mass is 9.99. The van der Waals surface area contributed by atoms with E-state index in [2.05, 4.69) is 23.7 Å². The Labute approximate surface area is 179 Å². The van der Waals surface area contributed by atoms with Crippen molar-refractivity contribution in [3.63, 3.8) is 0 Å². The first-order chi connectivity index (χ1) is 13.7. The molecule has 0 bridgehead atoms. The molecule has 0 aliphatic carbocycles. The van der Waals surface area contributed by atoms with Gasteiger partial charge in [-0.25, -0.2) is 12.8 Å². The number of hydrogen-bond acceptors (Lipinski definition) is 3. The van der Waals surface area contributed by atoms with E-state index in [9.17, 15) is 12.8 Å². The smallest absolute Gasteiger partial charge is 0.263 e. The third kappa shape index (κ3) is 4.91. The maximum Gasteiger partial charge on any atom is 0.263 e. The summed E-state index contributed by atoms with van der Waals surface area (Å²) < 4.78 is 43.1. The van der Waals surface area contributed by atoms with Crippen molar-refractivity contribution in [2.75, 3.05) is 4.72 Å². The fourth-order valence-corrected chi connectivity index (χ4v) is 4.28. The van der Waals surface area contributed by atoms with Crippen LogP contribution in [0.2, 0.25) is 10.0 Å². The van der Waals surface area contributed by atoms with Crippen LogP contribution in [0.15, 0.2) is 53.6 Å². The second kappa shape index (κ2) is 8.73. The number of anilines is 1. The zero-order valence-corrected chi connectivity index (χ0v) is 18.2. The molecule has 0 spiro atoms. The van der Waals surface area contributed by atoms with Crippen LogP contribution in [0, 0.1) is 5.82 Å². The number of aromatic nitrogens is 2. The number of hydrogen-bond donors (Lipinski definition) is 1.